The van der Waals surface area contributed by atoms with Gasteiger partial charge in [0.25, 0.3) is 11.7 Å². The van der Waals surface area contributed by atoms with Gasteiger partial charge in [0, 0.05) is 12.1 Å². The van der Waals surface area contributed by atoms with Gasteiger partial charge in [0.2, 0.25) is 0 Å². The minimum Gasteiger partial charge on any atom is -0.508 e. The molecule has 0 radical (unpaired) electrons. The van der Waals surface area contributed by atoms with Crippen molar-refractivity contribution in [2.75, 3.05) is 0 Å². The highest BCUT2D eigenvalue weighted by Gasteiger charge is 2.46. The first-order valence-corrected chi connectivity index (χ1v) is 12.6. The molecule has 2 N–H and O–H groups in total. The van der Waals surface area contributed by atoms with Crippen LogP contribution in [0.5, 0.6) is 17.2 Å². The number of ether oxygens (including phenoxy) is 2. The molecule has 1 amide bonds. The van der Waals surface area contributed by atoms with Crippen LogP contribution in [0, 0.1) is 0 Å². The Bertz CT molecular complexity index is 1330. The number of carbonyl (C=O) groups excluding carboxylic acids is 2. The third kappa shape index (κ3) is 5.99. The predicted octanol–water partition coefficient (Wildman–Crippen LogP) is 5.98. The lowest BCUT2D eigenvalue weighted by atomic mass is 9.95. The minimum atomic E-state index is -0.840. The molecule has 38 heavy (non-hydrogen) atoms. The number of hydrogen-bond acceptors (Lipinski definition) is 6. The number of phenolic OH excluding ortho intramolecular Hbond substituents is 1. The molecule has 1 atom stereocenters. The lowest BCUT2D eigenvalue weighted by Crippen LogP contribution is -2.29. The summed E-state index contributed by atoms with van der Waals surface area (Å²) < 4.78 is 11.6. The summed E-state index contributed by atoms with van der Waals surface area (Å²) in [6.45, 7) is 9.86. The molecule has 1 unspecified atom stereocenters. The van der Waals surface area contributed by atoms with Crippen molar-refractivity contribution in [1.82, 2.24) is 4.90 Å². The van der Waals surface area contributed by atoms with Gasteiger partial charge in [0.05, 0.1) is 17.7 Å². The Hall–Kier alpha value is -4.26. The molecule has 7 nitrogen and oxygen atoms in total. The number of likely N-dealkylation sites (tertiary alicyclic amines) is 1. The molecule has 1 fully saturated rings. The molecule has 1 aliphatic rings. The maximum atomic E-state index is 13.3. The average Bonchev–Trinajstić information content (AvgIpc) is 3.09. The van der Waals surface area contributed by atoms with Gasteiger partial charge in [-0.2, -0.15) is 0 Å². The van der Waals surface area contributed by atoms with Crippen LogP contribution >= 0.6 is 0 Å². The summed E-state index contributed by atoms with van der Waals surface area (Å²) in [7, 11) is 0. The second-order valence-electron chi connectivity index (χ2n) is 10.6. The minimum absolute atomic E-state index is 0.00842. The van der Waals surface area contributed by atoms with E-state index in [4.69, 9.17) is 9.47 Å². The maximum absolute atomic E-state index is 13.3. The van der Waals surface area contributed by atoms with E-state index in [0.29, 0.717) is 22.6 Å². The number of aromatic hydroxyl groups is 1. The molecule has 1 saturated heterocycles. The van der Waals surface area contributed by atoms with Crippen LogP contribution in [0.1, 0.15) is 57.4 Å². The number of ketones is 1. The van der Waals surface area contributed by atoms with E-state index >= 15 is 0 Å². The first-order chi connectivity index (χ1) is 17.9. The summed E-state index contributed by atoms with van der Waals surface area (Å²) in [4.78, 5) is 28.0. The van der Waals surface area contributed by atoms with Gasteiger partial charge >= 0.3 is 0 Å². The Balaban J connectivity index is 1.72. The normalized spacial score (nSPS) is 17.2. The molecule has 1 heterocycles. The van der Waals surface area contributed by atoms with Gasteiger partial charge in [0.1, 0.15) is 28.6 Å². The number of rotatable bonds is 7. The van der Waals surface area contributed by atoms with Crippen LogP contribution in [-0.4, -0.2) is 38.5 Å². The van der Waals surface area contributed by atoms with Gasteiger partial charge in [-0.15, -0.1) is 0 Å². The summed E-state index contributed by atoms with van der Waals surface area (Å²) in [5, 5.41) is 21.1. The molecule has 0 bridgehead atoms. The van der Waals surface area contributed by atoms with E-state index in [-0.39, 0.29) is 35.3 Å². The molecular formula is C31H33NO6. The van der Waals surface area contributed by atoms with Crippen LogP contribution in [0.3, 0.4) is 0 Å². The lowest BCUT2D eigenvalue weighted by molar-refractivity contribution is -0.140. The van der Waals surface area contributed by atoms with Crippen molar-refractivity contribution in [3.8, 4) is 17.2 Å². The quantitative estimate of drug-likeness (QED) is 0.228. The van der Waals surface area contributed by atoms with Crippen LogP contribution in [0.15, 0.2) is 78.4 Å². The summed E-state index contributed by atoms with van der Waals surface area (Å²) in [6, 6.07) is 19.5. The van der Waals surface area contributed by atoms with Crippen molar-refractivity contribution in [2.24, 2.45) is 0 Å². The Morgan fingerprint density at radius 1 is 0.895 bits per heavy atom. The second-order valence-corrected chi connectivity index (χ2v) is 10.6. The third-order valence-corrected chi connectivity index (χ3v) is 5.95. The van der Waals surface area contributed by atoms with E-state index in [2.05, 4.69) is 0 Å². The number of nitrogens with zero attached hydrogens (tertiary/aromatic N) is 1. The number of phenols is 1. The molecule has 3 aromatic carbocycles. The molecule has 0 saturated carbocycles. The molecule has 198 valence electrons. The fourth-order valence-electron chi connectivity index (χ4n) is 4.38. The molecule has 3 aromatic rings. The number of hydrogen-bond donors (Lipinski definition) is 2. The van der Waals surface area contributed by atoms with Crippen LogP contribution in [0.4, 0.5) is 0 Å². The van der Waals surface area contributed by atoms with Crippen molar-refractivity contribution in [3.63, 3.8) is 0 Å². The van der Waals surface area contributed by atoms with E-state index in [1.807, 2.05) is 58.9 Å². The van der Waals surface area contributed by atoms with Crippen molar-refractivity contribution in [2.45, 2.75) is 58.9 Å². The van der Waals surface area contributed by atoms with Crippen LogP contribution < -0.4 is 9.47 Å². The van der Waals surface area contributed by atoms with Gasteiger partial charge < -0.3 is 24.6 Å². The fourth-order valence-corrected chi connectivity index (χ4v) is 4.38. The summed E-state index contributed by atoms with van der Waals surface area (Å²) in [6.07, 6.45) is -0.0108. The first kappa shape index (κ1) is 26.8. The first-order valence-electron chi connectivity index (χ1n) is 12.6. The van der Waals surface area contributed by atoms with E-state index in [9.17, 15) is 19.8 Å². The third-order valence-electron chi connectivity index (χ3n) is 5.95. The zero-order valence-electron chi connectivity index (χ0n) is 22.3. The molecule has 0 aromatic heterocycles. The van der Waals surface area contributed by atoms with E-state index in [1.54, 1.807) is 36.4 Å². The maximum Gasteiger partial charge on any atom is 0.295 e. The van der Waals surface area contributed by atoms with Crippen molar-refractivity contribution >= 4 is 17.4 Å². The Kier molecular flexibility index (Phi) is 7.49. The number of benzene rings is 3. The highest BCUT2D eigenvalue weighted by Crippen LogP contribution is 2.41. The number of aliphatic hydroxyl groups is 1. The highest BCUT2D eigenvalue weighted by molar-refractivity contribution is 6.46. The molecular weight excluding hydrogens is 482 g/mol. The number of amides is 1. The van der Waals surface area contributed by atoms with Crippen molar-refractivity contribution < 1.29 is 29.3 Å². The molecule has 1 aliphatic heterocycles. The van der Waals surface area contributed by atoms with Gasteiger partial charge in [-0.25, -0.2) is 0 Å². The van der Waals surface area contributed by atoms with Gasteiger partial charge in [0.15, 0.2) is 0 Å². The van der Waals surface area contributed by atoms with Crippen LogP contribution in [0.25, 0.3) is 5.76 Å². The monoisotopic (exact) mass is 515 g/mol. The smallest absolute Gasteiger partial charge is 0.295 e. The molecule has 0 aliphatic carbocycles. The van der Waals surface area contributed by atoms with Crippen LogP contribution in [0.2, 0.25) is 0 Å². The SMILES string of the molecule is CC(C)Oc1ccc(/C(O)=C2/C(=O)C(=O)N(Cc3ccc(OC(C)(C)C)cc3)C2c2ccc(O)cc2)cc1. The zero-order chi connectivity index (χ0) is 27.6. The molecule has 7 heteroatoms. The summed E-state index contributed by atoms with van der Waals surface area (Å²) in [5.41, 5.74) is 1.43. The fraction of sp³-hybridized carbons (Fsp3) is 0.290. The van der Waals surface area contributed by atoms with Crippen molar-refractivity contribution in [1.29, 1.82) is 0 Å². The van der Waals surface area contributed by atoms with Crippen LogP contribution in [-0.2, 0) is 16.1 Å². The number of carbonyl (C=O) groups is 2. The summed E-state index contributed by atoms with van der Waals surface area (Å²) >= 11 is 0. The predicted molar refractivity (Wildman–Crippen MR) is 145 cm³/mol. The molecule has 4 rings (SSSR count). The standard InChI is InChI=1S/C31H33NO6/c1-19(2)37-24-16-10-22(11-17-24)28(34)26-27(21-8-12-23(33)13-9-21)32(30(36)29(26)35)18-20-6-14-25(15-7-20)38-31(3,4)5/h6-17,19,27,33-34H,18H2,1-5H3/b28-26-. The summed E-state index contributed by atoms with van der Waals surface area (Å²) in [5.74, 6) is -0.362. The topological polar surface area (TPSA) is 96.3 Å². The average molecular weight is 516 g/mol. The Labute approximate surface area is 222 Å². The Morgan fingerprint density at radius 3 is 2.03 bits per heavy atom. The van der Waals surface area contributed by atoms with Gasteiger partial charge in [-0.05, 0) is 94.3 Å². The zero-order valence-corrected chi connectivity index (χ0v) is 22.3. The number of Topliss-reactive ketones (excluding diaryl/α,β-unsaturated/α-hetero) is 1. The molecule has 0 spiro atoms. The second kappa shape index (κ2) is 10.6. The lowest BCUT2D eigenvalue weighted by Gasteiger charge is -2.26. The number of aliphatic hydroxyl groups excluding tert-OH is 1. The van der Waals surface area contributed by atoms with E-state index in [1.165, 1.54) is 17.0 Å². The van der Waals surface area contributed by atoms with E-state index in [0.717, 1.165) is 5.56 Å². The van der Waals surface area contributed by atoms with Crippen molar-refractivity contribution in [3.05, 3.63) is 95.1 Å². The van der Waals surface area contributed by atoms with Gasteiger partial charge in [-0.1, -0.05) is 24.3 Å². The van der Waals surface area contributed by atoms with Gasteiger partial charge in [-0.3, -0.25) is 9.59 Å². The van der Waals surface area contributed by atoms with E-state index < -0.39 is 17.7 Å². The highest BCUT2D eigenvalue weighted by atomic mass is 16.5. The largest absolute Gasteiger partial charge is 0.508 e. The Morgan fingerprint density at radius 2 is 1.47 bits per heavy atom.